The van der Waals surface area contributed by atoms with Crippen molar-refractivity contribution in [1.29, 1.82) is 0 Å². The molecule has 0 unspecified atom stereocenters. The minimum absolute atomic E-state index is 0.0942. The standard InChI is InChI=1S/C24H31N3O3/c1-16(2)27(17(3)4)24(28)15-26-20-10-8-7-9-19(20)25-23(26)14-18-11-12-21(29-5)22(13-18)30-6/h7-13,16-17H,14-15H2,1-6H3. The van der Waals surface area contributed by atoms with Gasteiger partial charge in [0.15, 0.2) is 11.5 Å². The summed E-state index contributed by atoms with van der Waals surface area (Å²) in [5.41, 5.74) is 2.90. The Morgan fingerprint density at radius 3 is 2.30 bits per heavy atom. The average Bonchev–Trinajstić information content (AvgIpc) is 3.04. The highest BCUT2D eigenvalue weighted by atomic mass is 16.5. The van der Waals surface area contributed by atoms with Crippen molar-refractivity contribution in [2.24, 2.45) is 0 Å². The minimum Gasteiger partial charge on any atom is -0.493 e. The molecule has 0 aliphatic carbocycles. The molecule has 0 spiro atoms. The summed E-state index contributed by atoms with van der Waals surface area (Å²) in [6.07, 6.45) is 0.589. The Morgan fingerprint density at radius 2 is 1.67 bits per heavy atom. The molecule has 1 amide bonds. The number of benzene rings is 2. The molecular formula is C24H31N3O3. The number of carbonyl (C=O) groups is 1. The number of hydrogen-bond acceptors (Lipinski definition) is 4. The topological polar surface area (TPSA) is 56.6 Å². The van der Waals surface area contributed by atoms with Gasteiger partial charge in [0.05, 0.1) is 25.3 Å². The summed E-state index contributed by atoms with van der Waals surface area (Å²) in [5, 5.41) is 0. The van der Waals surface area contributed by atoms with Gasteiger partial charge in [-0.3, -0.25) is 4.79 Å². The number of para-hydroxylation sites is 2. The van der Waals surface area contributed by atoms with E-state index in [2.05, 4.69) is 27.7 Å². The third-order valence-corrected chi connectivity index (χ3v) is 5.24. The smallest absolute Gasteiger partial charge is 0.243 e. The molecule has 6 heteroatoms. The Hall–Kier alpha value is -3.02. The molecule has 0 aliphatic heterocycles. The van der Waals surface area contributed by atoms with Gasteiger partial charge in [-0.15, -0.1) is 0 Å². The van der Waals surface area contributed by atoms with Gasteiger partial charge in [-0.2, -0.15) is 0 Å². The summed E-state index contributed by atoms with van der Waals surface area (Å²) in [5.74, 6) is 2.31. The van der Waals surface area contributed by atoms with Gasteiger partial charge < -0.3 is 18.9 Å². The van der Waals surface area contributed by atoms with E-state index in [1.54, 1.807) is 14.2 Å². The molecule has 0 aliphatic rings. The monoisotopic (exact) mass is 409 g/mol. The van der Waals surface area contributed by atoms with E-state index in [0.717, 1.165) is 22.4 Å². The lowest BCUT2D eigenvalue weighted by Gasteiger charge is -2.31. The first-order valence-corrected chi connectivity index (χ1v) is 10.3. The van der Waals surface area contributed by atoms with Gasteiger partial charge in [0.1, 0.15) is 12.4 Å². The van der Waals surface area contributed by atoms with Gasteiger partial charge in [0, 0.05) is 18.5 Å². The maximum absolute atomic E-state index is 13.2. The van der Waals surface area contributed by atoms with E-state index in [0.29, 0.717) is 17.9 Å². The molecule has 0 bridgehead atoms. The molecule has 3 rings (SSSR count). The number of aromatic nitrogens is 2. The van der Waals surface area contributed by atoms with Crippen LogP contribution < -0.4 is 9.47 Å². The molecule has 0 saturated carbocycles. The van der Waals surface area contributed by atoms with Crippen molar-refractivity contribution in [3.8, 4) is 11.5 Å². The molecule has 6 nitrogen and oxygen atoms in total. The second kappa shape index (κ2) is 9.20. The number of imidazole rings is 1. The van der Waals surface area contributed by atoms with Gasteiger partial charge in [-0.05, 0) is 57.5 Å². The molecule has 0 radical (unpaired) electrons. The van der Waals surface area contributed by atoms with E-state index in [4.69, 9.17) is 14.5 Å². The maximum atomic E-state index is 13.2. The fraction of sp³-hybridized carbons (Fsp3) is 0.417. The largest absolute Gasteiger partial charge is 0.493 e. The Morgan fingerprint density at radius 1 is 1.00 bits per heavy atom. The van der Waals surface area contributed by atoms with Crippen LogP contribution in [-0.4, -0.2) is 46.7 Å². The summed E-state index contributed by atoms with van der Waals surface area (Å²) in [6.45, 7) is 8.46. The highest BCUT2D eigenvalue weighted by molar-refractivity contribution is 5.81. The number of amides is 1. The summed E-state index contributed by atoms with van der Waals surface area (Å²) >= 11 is 0. The second-order valence-electron chi connectivity index (χ2n) is 7.96. The summed E-state index contributed by atoms with van der Waals surface area (Å²) in [4.78, 5) is 19.9. The molecule has 1 aromatic heterocycles. The predicted octanol–water partition coefficient (Wildman–Crippen LogP) is 4.29. The number of carbonyl (C=O) groups excluding carboxylic acids is 1. The molecule has 160 valence electrons. The van der Waals surface area contributed by atoms with Crippen LogP contribution in [0.3, 0.4) is 0 Å². The first-order valence-electron chi connectivity index (χ1n) is 10.3. The number of ether oxygens (including phenoxy) is 2. The lowest BCUT2D eigenvalue weighted by atomic mass is 10.1. The van der Waals surface area contributed by atoms with Gasteiger partial charge in [-0.25, -0.2) is 4.98 Å². The quantitative estimate of drug-likeness (QED) is 0.557. The van der Waals surface area contributed by atoms with Crippen LogP contribution in [0, 0.1) is 0 Å². The van der Waals surface area contributed by atoms with Crippen molar-refractivity contribution < 1.29 is 14.3 Å². The van der Waals surface area contributed by atoms with E-state index >= 15 is 0 Å². The van der Waals surface area contributed by atoms with Crippen LogP contribution in [0.4, 0.5) is 0 Å². The average molecular weight is 410 g/mol. The number of nitrogens with zero attached hydrogens (tertiary/aromatic N) is 3. The molecule has 0 saturated heterocycles. The zero-order valence-electron chi connectivity index (χ0n) is 18.7. The van der Waals surface area contributed by atoms with Crippen LogP contribution in [0.15, 0.2) is 42.5 Å². The van der Waals surface area contributed by atoms with Gasteiger partial charge >= 0.3 is 0 Å². The zero-order chi connectivity index (χ0) is 21.8. The SMILES string of the molecule is COc1ccc(Cc2nc3ccccc3n2CC(=O)N(C(C)C)C(C)C)cc1OC. The van der Waals surface area contributed by atoms with Crippen molar-refractivity contribution in [3.63, 3.8) is 0 Å². The molecular weight excluding hydrogens is 378 g/mol. The van der Waals surface area contributed by atoms with E-state index in [1.807, 2.05) is 51.9 Å². The number of methoxy groups -OCH3 is 2. The van der Waals surface area contributed by atoms with Crippen molar-refractivity contribution >= 4 is 16.9 Å². The molecule has 3 aromatic rings. The number of rotatable bonds is 8. The first kappa shape index (κ1) is 21.7. The fourth-order valence-electron chi connectivity index (χ4n) is 4.00. The van der Waals surface area contributed by atoms with Crippen LogP contribution in [0.5, 0.6) is 11.5 Å². The highest BCUT2D eigenvalue weighted by Crippen LogP contribution is 2.29. The normalized spacial score (nSPS) is 11.3. The summed E-state index contributed by atoms with van der Waals surface area (Å²) in [7, 11) is 3.25. The first-order chi connectivity index (χ1) is 14.3. The number of fused-ring (bicyclic) bond motifs is 1. The lowest BCUT2D eigenvalue weighted by molar-refractivity contribution is -0.135. The molecule has 0 N–H and O–H groups in total. The van der Waals surface area contributed by atoms with Crippen molar-refractivity contribution in [2.45, 2.75) is 52.7 Å². The van der Waals surface area contributed by atoms with Crippen LogP contribution >= 0.6 is 0 Å². The van der Waals surface area contributed by atoms with Gasteiger partial charge in [-0.1, -0.05) is 18.2 Å². The lowest BCUT2D eigenvalue weighted by Crippen LogP contribution is -2.43. The van der Waals surface area contributed by atoms with Gasteiger partial charge in [0.25, 0.3) is 0 Å². The number of hydrogen-bond donors (Lipinski definition) is 0. The third kappa shape index (κ3) is 4.42. The Balaban J connectivity index is 1.99. The van der Waals surface area contributed by atoms with Crippen LogP contribution in [0.1, 0.15) is 39.1 Å². The molecule has 1 heterocycles. The maximum Gasteiger partial charge on any atom is 0.243 e. The fourth-order valence-corrected chi connectivity index (χ4v) is 4.00. The summed E-state index contributed by atoms with van der Waals surface area (Å²) < 4.78 is 12.8. The predicted molar refractivity (Wildman–Crippen MR) is 119 cm³/mol. The zero-order valence-corrected chi connectivity index (χ0v) is 18.7. The Labute approximate surface area is 178 Å². The van der Waals surface area contributed by atoms with E-state index < -0.39 is 0 Å². The molecule has 0 fully saturated rings. The Kier molecular flexibility index (Phi) is 6.65. The van der Waals surface area contributed by atoms with Crippen LogP contribution in [0.25, 0.3) is 11.0 Å². The van der Waals surface area contributed by atoms with Gasteiger partial charge in [0.2, 0.25) is 5.91 Å². The van der Waals surface area contributed by atoms with Crippen LogP contribution in [0.2, 0.25) is 0 Å². The molecule has 30 heavy (non-hydrogen) atoms. The van der Waals surface area contributed by atoms with E-state index in [1.165, 1.54) is 0 Å². The van der Waals surface area contributed by atoms with Crippen LogP contribution in [-0.2, 0) is 17.8 Å². The minimum atomic E-state index is 0.0942. The summed E-state index contributed by atoms with van der Waals surface area (Å²) in [6, 6.07) is 14.1. The van der Waals surface area contributed by atoms with Crippen molar-refractivity contribution in [3.05, 3.63) is 53.9 Å². The van der Waals surface area contributed by atoms with E-state index in [-0.39, 0.29) is 24.5 Å². The highest BCUT2D eigenvalue weighted by Gasteiger charge is 2.22. The second-order valence-corrected chi connectivity index (χ2v) is 7.96. The Bertz CT molecular complexity index is 1020. The van der Waals surface area contributed by atoms with Crippen molar-refractivity contribution in [1.82, 2.24) is 14.5 Å². The molecule has 2 aromatic carbocycles. The third-order valence-electron chi connectivity index (χ3n) is 5.24. The van der Waals surface area contributed by atoms with E-state index in [9.17, 15) is 4.79 Å². The van der Waals surface area contributed by atoms with Crippen molar-refractivity contribution in [2.75, 3.05) is 14.2 Å². The molecule has 0 atom stereocenters.